The van der Waals surface area contributed by atoms with E-state index in [2.05, 4.69) is 6.07 Å². The summed E-state index contributed by atoms with van der Waals surface area (Å²) in [6.45, 7) is 0.627. The number of carbonyl (C=O) groups is 1. The predicted octanol–water partition coefficient (Wildman–Crippen LogP) is 3.67. The summed E-state index contributed by atoms with van der Waals surface area (Å²) < 4.78 is 6.76. The van der Waals surface area contributed by atoms with Gasteiger partial charge in [0.05, 0.1) is 7.11 Å². The van der Waals surface area contributed by atoms with Crippen molar-refractivity contribution in [2.75, 3.05) is 7.11 Å². The van der Waals surface area contributed by atoms with Crippen molar-refractivity contribution in [3.63, 3.8) is 0 Å². The van der Waals surface area contributed by atoms with Crippen molar-refractivity contribution in [3.8, 4) is 6.07 Å². The fourth-order valence-corrected chi connectivity index (χ4v) is 3.02. The van der Waals surface area contributed by atoms with Crippen LogP contribution in [0.15, 0.2) is 54.6 Å². The zero-order chi connectivity index (χ0) is 16.9. The van der Waals surface area contributed by atoms with E-state index in [1.807, 2.05) is 59.2 Å². The lowest BCUT2D eigenvalue weighted by Gasteiger charge is -2.07. The molecule has 0 amide bonds. The average Bonchev–Trinajstić information content (AvgIpc) is 2.93. The maximum atomic E-state index is 11.5. The van der Waals surface area contributed by atoms with E-state index in [1.165, 1.54) is 7.11 Å². The molecular weight excluding hydrogens is 300 g/mol. The minimum atomic E-state index is -0.265. The summed E-state index contributed by atoms with van der Waals surface area (Å²) in [4.78, 5) is 11.5. The number of aromatic nitrogens is 1. The summed E-state index contributed by atoms with van der Waals surface area (Å²) in [5, 5.41) is 10.7. The topological polar surface area (TPSA) is 55.0 Å². The van der Waals surface area contributed by atoms with Gasteiger partial charge in [-0.3, -0.25) is 4.79 Å². The first-order valence-electron chi connectivity index (χ1n) is 7.85. The molecule has 120 valence electrons. The van der Waals surface area contributed by atoms with Crippen LogP contribution in [0, 0.1) is 11.3 Å². The summed E-state index contributed by atoms with van der Waals surface area (Å²) in [6, 6.07) is 20.3. The molecule has 2 aromatic carbocycles. The van der Waals surface area contributed by atoms with Crippen LogP contribution in [0.3, 0.4) is 0 Å². The molecular formula is C20H18N2O2. The molecule has 0 spiro atoms. The number of hydrogen-bond acceptors (Lipinski definition) is 3. The van der Waals surface area contributed by atoms with Gasteiger partial charge in [0.25, 0.3) is 0 Å². The van der Waals surface area contributed by atoms with Crippen molar-refractivity contribution in [2.24, 2.45) is 0 Å². The van der Waals surface area contributed by atoms with Gasteiger partial charge in [0.1, 0.15) is 11.8 Å². The Labute approximate surface area is 140 Å². The molecule has 3 aromatic rings. The van der Waals surface area contributed by atoms with Gasteiger partial charge in [-0.1, -0.05) is 48.5 Å². The maximum Gasteiger partial charge on any atom is 0.305 e. The lowest BCUT2D eigenvalue weighted by molar-refractivity contribution is -0.140. The first-order valence-corrected chi connectivity index (χ1v) is 7.85. The lowest BCUT2D eigenvalue weighted by Crippen LogP contribution is -2.05. The van der Waals surface area contributed by atoms with E-state index in [9.17, 15) is 10.1 Å². The Morgan fingerprint density at radius 1 is 1.12 bits per heavy atom. The first kappa shape index (κ1) is 15.8. The second-order valence-corrected chi connectivity index (χ2v) is 5.60. The van der Waals surface area contributed by atoms with Crippen LogP contribution in [-0.4, -0.2) is 17.6 Å². The molecule has 1 aromatic heterocycles. The number of carbonyl (C=O) groups excluding carboxylic acids is 1. The second kappa shape index (κ2) is 7.01. The van der Waals surface area contributed by atoms with E-state index < -0.39 is 0 Å². The van der Waals surface area contributed by atoms with Gasteiger partial charge in [-0.05, 0) is 23.6 Å². The number of hydrogen-bond donors (Lipinski definition) is 0. The molecule has 3 rings (SSSR count). The van der Waals surface area contributed by atoms with E-state index in [4.69, 9.17) is 4.74 Å². The van der Waals surface area contributed by atoms with E-state index in [0.717, 1.165) is 22.0 Å². The summed E-state index contributed by atoms with van der Waals surface area (Å²) in [5.74, 6) is -0.265. The van der Waals surface area contributed by atoms with E-state index in [0.29, 0.717) is 18.7 Å². The van der Waals surface area contributed by atoms with Crippen LogP contribution in [0.5, 0.6) is 0 Å². The highest BCUT2D eigenvalue weighted by atomic mass is 16.5. The molecule has 0 saturated heterocycles. The minimum Gasteiger partial charge on any atom is -0.469 e. The Morgan fingerprint density at radius 2 is 1.83 bits per heavy atom. The van der Waals surface area contributed by atoms with Gasteiger partial charge < -0.3 is 9.30 Å². The number of esters is 1. The predicted molar refractivity (Wildman–Crippen MR) is 92.5 cm³/mol. The molecule has 0 aliphatic carbocycles. The van der Waals surface area contributed by atoms with E-state index >= 15 is 0 Å². The molecule has 0 unspecified atom stereocenters. The molecule has 0 bridgehead atoms. The van der Waals surface area contributed by atoms with E-state index in [1.54, 1.807) is 0 Å². The molecule has 0 atom stereocenters. The second-order valence-electron chi connectivity index (χ2n) is 5.60. The number of rotatable bonds is 5. The molecule has 0 saturated carbocycles. The van der Waals surface area contributed by atoms with Crippen LogP contribution in [-0.2, 0) is 22.5 Å². The summed E-state index contributed by atoms with van der Waals surface area (Å²) >= 11 is 0. The molecule has 4 nitrogen and oxygen atoms in total. The van der Waals surface area contributed by atoms with Gasteiger partial charge >= 0.3 is 5.97 Å². The average molecular weight is 318 g/mol. The summed E-state index contributed by atoms with van der Waals surface area (Å²) in [7, 11) is 1.38. The van der Waals surface area contributed by atoms with Gasteiger partial charge in [0, 0.05) is 23.9 Å². The number of nitriles is 1. The molecule has 0 fully saturated rings. The third-order valence-electron chi connectivity index (χ3n) is 4.17. The van der Waals surface area contributed by atoms with Crippen LogP contribution >= 0.6 is 0 Å². The van der Waals surface area contributed by atoms with Crippen LogP contribution in [0.2, 0.25) is 0 Å². The number of para-hydroxylation sites is 1. The Balaban J connectivity index is 2.08. The number of aryl methyl sites for hydroxylation is 1. The van der Waals surface area contributed by atoms with Gasteiger partial charge in [0.2, 0.25) is 0 Å². The number of benzene rings is 2. The summed E-state index contributed by atoms with van der Waals surface area (Å²) in [6.07, 6.45) is 0.766. The highest BCUT2D eigenvalue weighted by molar-refractivity contribution is 5.87. The molecule has 4 heteroatoms. The molecule has 0 radical (unpaired) electrons. The largest absolute Gasteiger partial charge is 0.469 e. The molecule has 0 aliphatic heterocycles. The summed E-state index contributed by atoms with van der Waals surface area (Å²) in [5.41, 5.74) is 3.67. The first-order chi connectivity index (χ1) is 11.7. The molecule has 24 heavy (non-hydrogen) atoms. The Morgan fingerprint density at radius 3 is 2.54 bits per heavy atom. The van der Waals surface area contributed by atoms with Gasteiger partial charge in [-0.2, -0.15) is 5.26 Å². The zero-order valence-corrected chi connectivity index (χ0v) is 13.5. The number of nitrogens with zero attached hydrogens (tertiary/aromatic N) is 2. The van der Waals surface area contributed by atoms with Crippen molar-refractivity contribution in [1.82, 2.24) is 4.57 Å². The minimum absolute atomic E-state index is 0.265. The fourth-order valence-electron chi connectivity index (χ4n) is 3.02. The van der Waals surface area contributed by atoms with Crippen LogP contribution in [0.1, 0.15) is 23.2 Å². The Kier molecular flexibility index (Phi) is 4.62. The van der Waals surface area contributed by atoms with Crippen molar-refractivity contribution >= 4 is 16.9 Å². The van der Waals surface area contributed by atoms with Crippen molar-refractivity contribution in [3.05, 3.63) is 71.4 Å². The zero-order valence-electron chi connectivity index (χ0n) is 13.5. The van der Waals surface area contributed by atoms with Crippen LogP contribution < -0.4 is 0 Å². The van der Waals surface area contributed by atoms with Crippen LogP contribution in [0.25, 0.3) is 10.9 Å². The maximum absolute atomic E-state index is 11.5. The van der Waals surface area contributed by atoms with Crippen molar-refractivity contribution in [1.29, 1.82) is 5.26 Å². The molecule has 0 N–H and O–H groups in total. The quantitative estimate of drug-likeness (QED) is 0.675. The highest BCUT2D eigenvalue weighted by Crippen LogP contribution is 2.28. The third-order valence-corrected chi connectivity index (χ3v) is 4.17. The molecule has 1 heterocycles. The Hall–Kier alpha value is -3.06. The van der Waals surface area contributed by atoms with Gasteiger partial charge in [-0.15, -0.1) is 0 Å². The van der Waals surface area contributed by atoms with Gasteiger partial charge in [0.15, 0.2) is 0 Å². The number of methoxy groups -OCH3 is 1. The normalized spacial score (nSPS) is 10.5. The van der Waals surface area contributed by atoms with Crippen molar-refractivity contribution < 1.29 is 9.53 Å². The lowest BCUT2D eigenvalue weighted by atomic mass is 10.1. The van der Waals surface area contributed by atoms with Gasteiger partial charge in [-0.25, -0.2) is 0 Å². The fraction of sp³-hybridized carbons (Fsp3) is 0.200. The smallest absolute Gasteiger partial charge is 0.305 e. The van der Waals surface area contributed by atoms with Crippen LogP contribution in [0.4, 0.5) is 0 Å². The highest BCUT2D eigenvalue weighted by Gasteiger charge is 2.17. The molecule has 0 aliphatic rings. The monoisotopic (exact) mass is 318 g/mol. The number of ether oxygens (including phenoxy) is 1. The third kappa shape index (κ3) is 3.02. The van der Waals surface area contributed by atoms with E-state index in [-0.39, 0.29) is 12.4 Å². The Bertz CT molecular complexity index is 905. The SMILES string of the molecule is COC(=O)CCc1c(C#N)n(Cc2ccccc2)c2ccccc12. The standard InChI is InChI=1S/C20H18N2O2/c1-24-20(23)12-11-17-16-9-5-6-10-18(16)22(19(17)13-21)14-15-7-3-2-4-8-15/h2-10H,11-12,14H2,1H3. The number of fused-ring (bicyclic) bond motifs is 1. The van der Waals surface area contributed by atoms with Crippen molar-refractivity contribution in [2.45, 2.75) is 19.4 Å².